The van der Waals surface area contributed by atoms with Crippen LogP contribution in [0.1, 0.15) is 24.3 Å². The van der Waals surface area contributed by atoms with Gasteiger partial charge in [0.25, 0.3) is 0 Å². The zero-order valence-electron chi connectivity index (χ0n) is 11.9. The minimum Gasteiger partial charge on any atom is -0.489 e. The molecule has 0 saturated carbocycles. The van der Waals surface area contributed by atoms with Gasteiger partial charge in [-0.2, -0.15) is 0 Å². The molecule has 2 nitrogen and oxygen atoms in total. The maximum absolute atomic E-state index is 6.11. The van der Waals surface area contributed by atoms with Crippen molar-refractivity contribution in [3.05, 3.63) is 51.2 Å². The molecule has 0 saturated heterocycles. The lowest BCUT2D eigenvalue weighted by molar-refractivity contribution is 0.217. The Morgan fingerprint density at radius 3 is 2.90 bits per heavy atom. The number of halogens is 1. The molecule has 0 aliphatic heterocycles. The molecule has 0 spiro atoms. The van der Waals surface area contributed by atoms with E-state index in [1.807, 2.05) is 18.2 Å². The lowest BCUT2D eigenvalue weighted by atomic mass is 10.1. The second-order valence-electron chi connectivity index (χ2n) is 4.75. The first-order valence-electron chi connectivity index (χ1n) is 6.87. The standard InChI is InChI=1S/C16H20ClNOS/c1-3-13-9-14(6-7-16(13)17)19-12(2)10-18-11-15-5-4-8-20-15/h4-9,12,18H,3,10-11H2,1-2H3. The Labute approximate surface area is 129 Å². The Bertz CT molecular complexity index is 527. The van der Waals surface area contributed by atoms with Crippen molar-refractivity contribution in [3.8, 4) is 5.75 Å². The molecule has 2 aromatic rings. The summed E-state index contributed by atoms with van der Waals surface area (Å²) in [6.07, 6.45) is 1.04. The highest BCUT2D eigenvalue weighted by Crippen LogP contribution is 2.23. The molecule has 0 aliphatic rings. The molecule has 0 fully saturated rings. The topological polar surface area (TPSA) is 21.3 Å². The first-order chi connectivity index (χ1) is 9.69. The first-order valence-corrected chi connectivity index (χ1v) is 8.13. The van der Waals surface area contributed by atoms with Gasteiger partial charge in [-0.25, -0.2) is 0 Å². The van der Waals surface area contributed by atoms with Crippen molar-refractivity contribution in [2.45, 2.75) is 32.9 Å². The Balaban J connectivity index is 1.80. The lowest BCUT2D eigenvalue weighted by Gasteiger charge is -2.16. The van der Waals surface area contributed by atoms with Crippen LogP contribution in [0.25, 0.3) is 0 Å². The first kappa shape index (κ1) is 15.4. The summed E-state index contributed by atoms with van der Waals surface area (Å²) in [4.78, 5) is 1.34. The molecule has 0 amide bonds. The van der Waals surface area contributed by atoms with Crippen LogP contribution in [0, 0.1) is 0 Å². The van der Waals surface area contributed by atoms with Crippen molar-refractivity contribution in [3.63, 3.8) is 0 Å². The normalized spacial score (nSPS) is 12.3. The Kier molecular flexibility index (Phi) is 5.89. The summed E-state index contributed by atoms with van der Waals surface area (Å²) in [5, 5.41) is 6.31. The quantitative estimate of drug-likeness (QED) is 0.812. The molecule has 0 radical (unpaired) electrons. The van der Waals surface area contributed by atoms with Gasteiger partial charge in [0.05, 0.1) is 0 Å². The van der Waals surface area contributed by atoms with Crippen LogP contribution < -0.4 is 10.1 Å². The fraction of sp³-hybridized carbons (Fsp3) is 0.375. The van der Waals surface area contributed by atoms with Gasteiger partial charge >= 0.3 is 0 Å². The van der Waals surface area contributed by atoms with E-state index in [0.717, 1.165) is 35.8 Å². The highest BCUT2D eigenvalue weighted by molar-refractivity contribution is 7.09. The second kappa shape index (κ2) is 7.67. The van der Waals surface area contributed by atoms with Crippen LogP contribution in [0.3, 0.4) is 0 Å². The van der Waals surface area contributed by atoms with E-state index in [-0.39, 0.29) is 6.10 Å². The van der Waals surface area contributed by atoms with E-state index in [1.54, 1.807) is 11.3 Å². The van der Waals surface area contributed by atoms with Gasteiger partial charge in [0.2, 0.25) is 0 Å². The number of hydrogen-bond donors (Lipinski definition) is 1. The molecule has 0 aliphatic carbocycles. The van der Waals surface area contributed by atoms with E-state index < -0.39 is 0 Å². The summed E-state index contributed by atoms with van der Waals surface area (Å²) in [5.74, 6) is 0.886. The fourth-order valence-corrected chi connectivity index (χ4v) is 2.91. The summed E-state index contributed by atoms with van der Waals surface area (Å²) in [7, 11) is 0. The molecule has 0 bridgehead atoms. The Morgan fingerprint density at radius 1 is 1.35 bits per heavy atom. The monoisotopic (exact) mass is 309 g/mol. The van der Waals surface area contributed by atoms with Crippen LogP contribution in [0.4, 0.5) is 0 Å². The van der Waals surface area contributed by atoms with Crippen LogP contribution in [0.5, 0.6) is 5.75 Å². The number of hydrogen-bond acceptors (Lipinski definition) is 3. The highest BCUT2D eigenvalue weighted by Gasteiger charge is 2.06. The minimum atomic E-state index is 0.126. The van der Waals surface area contributed by atoms with E-state index in [0.29, 0.717) is 0 Å². The molecule has 1 atom stereocenters. The summed E-state index contributed by atoms with van der Waals surface area (Å²) < 4.78 is 5.91. The highest BCUT2D eigenvalue weighted by atomic mass is 35.5. The van der Waals surface area contributed by atoms with Crippen LogP contribution in [0.2, 0.25) is 5.02 Å². The van der Waals surface area contributed by atoms with Crippen molar-refractivity contribution < 1.29 is 4.74 Å². The van der Waals surface area contributed by atoms with Crippen LogP contribution in [-0.4, -0.2) is 12.6 Å². The number of aryl methyl sites for hydroxylation is 1. The summed E-state index contributed by atoms with van der Waals surface area (Å²) in [6.45, 7) is 5.88. The third kappa shape index (κ3) is 4.51. The molecule has 1 heterocycles. The number of benzene rings is 1. The van der Waals surface area contributed by atoms with Gasteiger partial charge in [-0.3, -0.25) is 0 Å². The predicted molar refractivity (Wildman–Crippen MR) is 86.9 cm³/mol. The zero-order chi connectivity index (χ0) is 14.4. The summed E-state index contributed by atoms with van der Waals surface area (Å²) in [5.41, 5.74) is 1.13. The van der Waals surface area contributed by atoms with Crippen molar-refractivity contribution in [2.24, 2.45) is 0 Å². The second-order valence-corrected chi connectivity index (χ2v) is 6.18. The molecular weight excluding hydrogens is 290 g/mol. The largest absolute Gasteiger partial charge is 0.489 e. The van der Waals surface area contributed by atoms with Gasteiger partial charge in [0, 0.05) is 23.0 Å². The lowest BCUT2D eigenvalue weighted by Crippen LogP contribution is -2.28. The molecule has 1 unspecified atom stereocenters. The molecule has 1 N–H and O–H groups in total. The number of rotatable bonds is 7. The molecule has 4 heteroatoms. The molecule has 1 aromatic heterocycles. The van der Waals surface area contributed by atoms with Crippen molar-refractivity contribution in [1.29, 1.82) is 0 Å². The summed E-state index contributed by atoms with van der Waals surface area (Å²) in [6, 6.07) is 10.1. The average molecular weight is 310 g/mol. The maximum Gasteiger partial charge on any atom is 0.120 e. The zero-order valence-corrected chi connectivity index (χ0v) is 13.4. The van der Waals surface area contributed by atoms with Crippen molar-refractivity contribution in [1.82, 2.24) is 5.32 Å². The van der Waals surface area contributed by atoms with Gasteiger partial charge in [-0.1, -0.05) is 24.6 Å². The Hall–Kier alpha value is -1.03. The third-order valence-electron chi connectivity index (χ3n) is 3.05. The molecule has 20 heavy (non-hydrogen) atoms. The molecule has 2 rings (SSSR count). The summed E-state index contributed by atoms with van der Waals surface area (Å²) >= 11 is 7.87. The van der Waals surface area contributed by atoms with Crippen molar-refractivity contribution >= 4 is 22.9 Å². The average Bonchev–Trinajstić information content (AvgIpc) is 2.94. The van der Waals surface area contributed by atoms with E-state index in [2.05, 4.69) is 36.7 Å². The molecule has 1 aromatic carbocycles. The van der Waals surface area contributed by atoms with Gasteiger partial charge in [-0.15, -0.1) is 11.3 Å². The minimum absolute atomic E-state index is 0.126. The van der Waals surface area contributed by atoms with E-state index in [1.165, 1.54) is 4.88 Å². The fourth-order valence-electron chi connectivity index (χ4n) is 1.98. The van der Waals surface area contributed by atoms with Gasteiger partial charge in [0.1, 0.15) is 11.9 Å². The van der Waals surface area contributed by atoms with Crippen LogP contribution >= 0.6 is 22.9 Å². The SMILES string of the molecule is CCc1cc(OC(C)CNCc2cccs2)ccc1Cl. The smallest absolute Gasteiger partial charge is 0.120 e. The molecule has 108 valence electrons. The van der Waals surface area contributed by atoms with Crippen LogP contribution in [0.15, 0.2) is 35.7 Å². The Morgan fingerprint density at radius 2 is 2.20 bits per heavy atom. The predicted octanol–water partition coefficient (Wildman–Crippen LogP) is 4.52. The van der Waals surface area contributed by atoms with Gasteiger partial charge in [-0.05, 0) is 48.6 Å². The van der Waals surface area contributed by atoms with Crippen LogP contribution in [-0.2, 0) is 13.0 Å². The van der Waals surface area contributed by atoms with E-state index >= 15 is 0 Å². The third-order valence-corrected chi connectivity index (χ3v) is 4.29. The van der Waals surface area contributed by atoms with E-state index in [9.17, 15) is 0 Å². The number of ether oxygens (including phenoxy) is 1. The maximum atomic E-state index is 6.11. The van der Waals surface area contributed by atoms with Gasteiger partial charge < -0.3 is 10.1 Å². The number of nitrogens with one attached hydrogen (secondary N) is 1. The van der Waals surface area contributed by atoms with E-state index in [4.69, 9.17) is 16.3 Å². The molecular formula is C16H20ClNOS. The number of thiophene rings is 1. The van der Waals surface area contributed by atoms with Gasteiger partial charge in [0.15, 0.2) is 0 Å². The van der Waals surface area contributed by atoms with Crippen molar-refractivity contribution in [2.75, 3.05) is 6.54 Å².